The van der Waals surface area contributed by atoms with Crippen LogP contribution in [-0.4, -0.2) is 48.7 Å². The van der Waals surface area contributed by atoms with Gasteiger partial charge in [-0.05, 0) is 33.5 Å². The van der Waals surface area contributed by atoms with E-state index < -0.39 is 17.5 Å². The number of hydrogen-bond donors (Lipinski definition) is 3. The first-order valence-electron chi connectivity index (χ1n) is 6.78. The zero-order chi connectivity index (χ0) is 16.0. The maximum Gasteiger partial charge on any atom is 0.333 e. The number of carboxylic acids is 1. The summed E-state index contributed by atoms with van der Waals surface area (Å²) in [6, 6.07) is 8.04. The fraction of sp³-hybridized carbons (Fsp3) is 0.467. The van der Waals surface area contributed by atoms with Crippen LogP contribution in [0.4, 0.5) is 4.79 Å². The van der Waals surface area contributed by atoms with E-state index >= 15 is 0 Å². The third-order valence-electron chi connectivity index (χ3n) is 3.16. The molecule has 1 aromatic rings. The molecular formula is C15H23N3O3. The standard InChI is InChI=1S/C15H23N3O3/c1-11(10-18(3)4)16-14(21)17-15(2,13(19)20)12-8-6-5-7-9-12/h5-9,11H,10H2,1-4H3,(H,19,20)(H2,16,17,21). The van der Waals surface area contributed by atoms with Crippen molar-refractivity contribution in [1.29, 1.82) is 0 Å². The van der Waals surface area contributed by atoms with Gasteiger partial charge in [-0.3, -0.25) is 0 Å². The lowest BCUT2D eigenvalue weighted by Gasteiger charge is -2.28. The Morgan fingerprint density at radius 2 is 1.86 bits per heavy atom. The lowest BCUT2D eigenvalue weighted by atomic mass is 9.92. The molecule has 0 spiro atoms. The van der Waals surface area contributed by atoms with Crippen LogP contribution < -0.4 is 10.6 Å². The number of urea groups is 1. The zero-order valence-corrected chi connectivity index (χ0v) is 12.9. The van der Waals surface area contributed by atoms with Crippen molar-refractivity contribution < 1.29 is 14.7 Å². The van der Waals surface area contributed by atoms with Crippen LogP contribution in [0.15, 0.2) is 30.3 Å². The van der Waals surface area contributed by atoms with Gasteiger partial charge in [-0.2, -0.15) is 0 Å². The molecule has 0 radical (unpaired) electrons. The van der Waals surface area contributed by atoms with Gasteiger partial charge in [0.1, 0.15) is 0 Å². The minimum Gasteiger partial charge on any atom is -0.479 e. The minimum atomic E-state index is -1.47. The van der Waals surface area contributed by atoms with Crippen molar-refractivity contribution in [2.75, 3.05) is 20.6 Å². The van der Waals surface area contributed by atoms with E-state index in [2.05, 4.69) is 10.6 Å². The molecule has 116 valence electrons. The maximum atomic E-state index is 12.0. The van der Waals surface area contributed by atoms with Gasteiger partial charge in [-0.25, -0.2) is 9.59 Å². The number of hydrogen-bond acceptors (Lipinski definition) is 3. The van der Waals surface area contributed by atoms with Gasteiger partial charge in [0, 0.05) is 12.6 Å². The van der Waals surface area contributed by atoms with Gasteiger partial charge in [0.05, 0.1) is 0 Å². The van der Waals surface area contributed by atoms with Gasteiger partial charge in [0.2, 0.25) is 0 Å². The predicted molar refractivity (Wildman–Crippen MR) is 81.1 cm³/mol. The molecule has 0 saturated carbocycles. The first kappa shape index (κ1) is 17.0. The SMILES string of the molecule is CC(CN(C)C)NC(=O)NC(C)(C(=O)O)c1ccccc1. The van der Waals surface area contributed by atoms with Crippen molar-refractivity contribution >= 4 is 12.0 Å². The summed E-state index contributed by atoms with van der Waals surface area (Å²) >= 11 is 0. The van der Waals surface area contributed by atoms with Crippen LogP contribution in [0.1, 0.15) is 19.4 Å². The summed E-state index contributed by atoms with van der Waals surface area (Å²) in [6.45, 7) is 4.00. The number of carbonyl (C=O) groups is 2. The molecule has 6 heteroatoms. The Hall–Kier alpha value is -2.08. The molecular weight excluding hydrogens is 270 g/mol. The molecule has 21 heavy (non-hydrogen) atoms. The Bertz CT molecular complexity index is 490. The van der Waals surface area contributed by atoms with Crippen molar-refractivity contribution in [1.82, 2.24) is 15.5 Å². The number of amides is 2. The van der Waals surface area contributed by atoms with Gasteiger partial charge >= 0.3 is 12.0 Å². The number of carboxylic acid groups (broad SMARTS) is 1. The van der Waals surface area contributed by atoms with Crippen LogP contribution in [0.3, 0.4) is 0 Å². The van der Waals surface area contributed by atoms with Crippen LogP contribution >= 0.6 is 0 Å². The van der Waals surface area contributed by atoms with Crippen molar-refractivity contribution in [2.45, 2.75) is 25.4 Å². The Morgan fingerprint density at radius 3 is 2.33 bits per heavy atom. The summed E-state index contributed by atoms with van der Waals surface area (Å²) in [4.78, 5) is 25.5. The van der Waals surface area contributed by atoms with Crippen LogP contribution in [0.25, 0.3) is 0 Å². The lowest BCUT2D eigenvalue weighted by molar-refractivity contribution is -0.144. The minimum absolute atomic E-state index is 0.0891. The van der Waals surface area contributed by atoms with E-state index in [-0.39, 0.29) is 6.04 Å². The maximum absolute atomic E-state index is 12.0. The fourth-order valence-corrected chi connectivity index (χ4v) is 2.10. The molecule has 0 saturated heterocycles. The highest BCUT2D eigenvalue weighted by molar-refractivity contribution is 5.87. The summed E-state index contributed by atoms with van der Waals surface area (Å²) in [7, 11) is 3.81. The molecule has 0 aromatic heterocycles. The zero-order valence-electron chi connectivity index (χ0n) is 12.9. The van der Waals surface area contributed by atoms with E-state index in [1.54, 1.807) is 30.3 Å². The van der Waals surface area contributed by atoms with Crippen molar-refractivity contribution in [3.05, 3.63) is 35.9 Å². The Morgan fingerprint density at radius 1 is 1.29 bits per heavy atom. The highest BCUT2D eigenvalue weighted by Gasteiger charge is 2.36. The van der Waals surface area contributed by atoms with Crippen LogP contribution in [0.2, 0.25) is 0 Å². The average molecular weight is 293 g/mol. The number of rotatable bonds is 6. The monoisotopic (exact) mass is 293 g/mol. The second kappa shape index (κ2) is 7.08. The third kappa shape index (κ3) is 4.75. The molecule has 0 aliphatic rings. The van der Waals surface area contributed by atoms with E-state index in [1.807, 2.05) is 25.9 Å². The molecule has 2 amide bonds. The summed E-state index contributed by atoms with van der Waals surface area (Å²) in [5.41, 5.74) is -0.948. The van der Waals surface area contributed by atoms with E-state index in [4.69, 9.17) is 0 Å². The second-order valence-corrected chi connectivity index (χ2v) is 5.56. The quantitative estimate of drug-likeness (QED) is 0.737. The molecule has 6 nitrogen and oxygen atoms in total. The smallest absolute Gasteiger partial charge is 0.333 e. The number of carbonyl (C=O) groups excluding carboxylic acids is 1. The molecule has 1 rings (SSSR count). The number of aliphatic carboxylic acids is 1. The second-order valence-electron chi connectivity index (χ2n) is 5.56. The van der Waals surface area contributed by atoms with Gasteiger partial charge in [0.25, 0.3) is 0 Å². The topological polar surface area (TPSA) is 81.7 Å². The molecule has 0 aliphatic heterocycles. The molecule has 0 heterocycles. The van der Waals surface area contributed by atoms with Gasteiger partial charge < -0.3 is 20.6 Å². The number of nitrogens with one attached hydrogen (secondary N) is 2. The molecule has 2 atom stereocenters. The first-order chi connectivity index (χ1) is 9.75. The van der Waals surface area contributed by atoms with E-state index in [1.165, 1.54) is 6.92 Å². The molecule has 3 N–H and O–H groups in total. The van der Waals surface area contributed by atoms with Crippen LogP contribution in [0.5, 0.6) is 0 Å². The summed E-state index contributed by atoms with van der Waals surface area (Å²) in [6.07, 6.45) is 0. The third-order valence-corrected chi connectivity index (χ3v) is 3.16. The number of likely N-dealkylation sites (N-methyl/N-ethyl adjacent to an activating group) is 1. The van der Waals surface area contributed by atoms with Crippen molar-refractivity contribution in [3.63, 3.8) is 0 Å². The summed E-state index contributed by atoms with van der Waals surface area (Å²) in [5.74, 6) is -1.11. The van der Waals surface area contributed by atoms with E-state index in [0.29, 0.717) is 12.1 Å². The normalized spacial score (nSPS) is 15.1. The predicted octanol–water partition coefficient (Wildman–Crippen LogP) is 1.24. The lowest BCUT2D eigenvalue weighted by Crippen LogP contribution is -2.55. The number of nitrogens with zero attached hydrogens (tertiary/aromatic N) is 1. The van der Waals surface area contributed by atoms with Gasteiger partial charge in [0.15, 0.2) is 5.54 Å². The molecule has 2 unspecified atom stereocenters. The van der Waals surface area contributed by atoms with E-state index in [0.717, 1.165) is 0 Å². The molecule has 0 fully saturated rings. The number of benzene rings is 1. The Labute approximate surface area is 125 Å². The first-order valence-corrected chi connectivity index (χ1v) is 6.78. The molecule has 1 aromatic carbocycles. The largest absolute Gasteiger partial charge is 0.479 e. The van der Waals surface area contributed by atoms with Crippen LogP contribution in [0, 0.1) is 0 Å². The van der Waals surface area contributed by atoms with Crippen molar-refractivity contribution in [3.8, 4) is 0 Å². The summed E-state index contributed by atoms with van der Waals surface area (Å²) in [5, 5.41) is 14.7. The van der Waals surface area contributed by atoms with E-state index in [9.17, 15) is 14.7 Å². The Kier molecular flexibility index (Phi) is 5.72. The Balaban J connectivity index is 2.80. The molecule has 0 bridgehead atoms. The molecule has 0 aliphatic carbocycles. The highest BCUT2D eigenvalue weighted by atomic mass is 16.4. The van der Waals surface area contributed by atoms with Crippen molar-refractivity contribution in [2.24, 2.45) is 0 Å². The van der Waals surface area contributed by atoms with Gasteiger partial charge in [-0.15, -0.1) is 0 Å². The van der Waals surface area contributed by atoms with Crippen LogP contribution in [-0.2, 0) is 10.3 Å². The summed E-state index contributed by atoms with van der Waals surface area (Å²) < 4.78 is 0. The van der Waals surface area contributed by atoms with Gasteiger partial charge in [-0.1, -0.05) is 30.3 Å². The highest BCUT2D eigenvalue weighted by Crippen LogP contribution is 2.20. The fourth-order valence-electron chi connectivity index (χ4n) is 2.10. The average Bonchev–Trinajstić information content (AvgIpc) is 2.37.